The Balaban J connectivity index is 1.94. The van der Waals surface area contributed by atoms with E-state index in [9.17, 15) is 4.79 Å². The molecule has 1 fully saturated rings. The van der Waals surface area contributed by atoms with Crippen molar-refractivity contribution in [2.45, 2.75) is 19.8 Å². The summed E-state index contributed by atoms with van der Waals surface area (Å²) in [5, 5.41) is 2.92. The van der Waals surface area contributed by atoms with Gasteiger partial charge in [-0.25, -0.2) is 4.98 Å². The van der Waals surface area contributed by atoms with Gasteiger partial charge in [0.2, 0.25) is 5.91 Å². The van der Waals surface area contributed by atoms with Gasteiger partial charge in [-0.15, -0.1) is 0 Å². The number of anilines is 1. The first-order valence-corrected chi connectivity index (χ1v) is 6.39. The van der Waals surface area contributed by atoms with Crippen LogP contribution in [0.15, 0.2) is 22.9 Å². The minimum Gasteiger partial charge on any atom is -0.325 e. The van der Waals surface area contributed by atoms with Crippen LogP contribution in [0.5, 0.6) is 0 Å². The third-order valence-corrected chi connectivity index (χ3v) is 3.89. The van der Waals surface area contributed by atoms with Crippen molar-refractivity contribution < 1.29 is 4.79 Å². The number of nitrogens with one attached hydrogen (secondary N) is 1. The molecule has 0 aliphatic heterocycles. The number of imidazole rings is 1. The highest BCUT2D eigenvalue weighted by Crippen LogP contribution is 2.30. The number of aryl methyl sites for hydroxylation is 1. The van der Waals surface area contributed by atoms with Gasteiger partial charge >= 0.3 is 0 Å². The summed E-state index contributed by atoms with van der Waals surface area (Å²) < 4.78 is 2.85. The molecule has 2 heterocycles. The topological polar surface area (TPSA) is 46.4 Å². The van der Waals surface area contributed by atoms with Crippen molar-refractivity contribution in [1.29, 1.82) is 0 Å². The van der Waals surface area contributed by atoms with E-state index in [2.05, 4.69) is 26.2 Å². The minimum absolute atomic E-state index is 0.123. The molecule has 2 aromatic rings. The second-order valence-electron chi connectivity index (χ2n) is 4.40. The highest BCUT2D eigenvalue weighted by molar-refractivity contribution is 9.10. The number of hydrogen-bond donors (Lipinski definition) is 1. The maximum Gasteiger partial charge on any atom is 0.227 e. The first kappa shape index (κ1) is 10.8. The lowest BCUT2D eigenvalue weighted by molar-refractivity contribution is -0.117. The molecule has 1 N–H and O–H groups in total. The lowest BCUT2D eigenvalue weighted by Gasteiger charge is -2.05. The number of fused-ring (bicyclic) bond motifs is 1. The molecule has 1 saturated carbocycles. The van der Waals surface area contributed by atoms with Crippen molar-refractivity contribution in [1.82, 2.24) is 9.38 Å². The predicted octanol–water partition coefficient (Wildman–Crippen LogP) is 2.75. The van der Waals surface area contributed by atoms with E-state index in [-0.39, 0.29) is 11.8 Å². The van der Waals surface area contributed by atoms with E-state index in [4.69, 9.17) is 0 Å². The average molecular weight is 294 g/mol. The van der Waals surface area contributed by atoms with E-state index >= 15 is 0 Å². The molecule has 1 amide bonds. The third kappa shape index (κ3) is 1.95. The summed E-state index contributed by atoms with van der Waals surface area (Å²) in [7, 11) is 0. The third-order valence-electron chi connectivity index (χ3n) is 2.93. The van der Waals surface area contributed by atoms with E-state index < -0.39 is 0 Å². The van der Waals surface area contributed by atoms with Crippen LogP contribution in [-0.4, -0.2) is 15.3 Å². The normalized spacial score (nSPS) is 15.2. The zero-order valence-electron chi connectivity index (χ0n) is 9.40. The summed E-state index contributed by atoms with van der Waals surface area (Å²) in [6.07, 6.45) is 3.92. The van der Waals surface area contributed by atoms with Crippen LogP contribution in [0.3, 0.4) is 0 Å². The molecule has 5 heteroatoms. The van der Waals surface area contributed by atoms with Crippen molar-refractivity contribution in [3.05, 3.63) is 28.6 Å². The van der Waals surface area contributed by atoms with Crippen molar-refractivity contribution in [2.75, 3.05) is 5.32 Å². The highest BCUT2D eigenvalue weighted by Gasteiger charge is 2.29. The van der Waals surface area contributed by atoms with Gasteiger partial charge in [-0.3, -0.25) is 9.20 Å². The molecule has 17 heavy (non-hydrogen) atoms. The molecule has 0 spiro atoms. The maximum atomic E-state index is 11.7. The van der Waals surface area contributed by atoms with Gasteiger partial charge in [-0.2, -0.15) is 0 Å². The molecule has 3 rings (SSSR count). The molecule has 0 aromatic carbocycles. The van der Waals surface area contributed by atoms with Crippen LogP contribution in [0.1, 0.15) is 18.5 Å². The fourth-order valence-corrected chi connectivity index (χ4v) is 2.17. The largest absolute Gasteiger partial charge is 0.325 e. The SMILES string of the molecule is Cc1nc2ccc(NC(=O)C3CC3)cn2c1Br. The number of pyridine rings is 1. The number of halogens is 1. The first-order chi connectivity index (χ1) is 8.15. The molecule has 0 radical (unpaired) electrons. The van der Waals surface area contributed by atoms with E-state index in [0.29, 0.717) is 0 Å². The average Bonchev–Trinajstić information content (AvgIpc) is 3.10. The smallest absolute Gasteiger partial charge is 0.227 e. The van der Waals surface area contributed by atoms with Gasteiger partial charge in [-0.1, -0.05) is 0 Å². The first-order valence-electron chi connectivity index (χ1n) is 5.60. The fourth-order valence-electron chi connectivity index (χ4n) is 1.80. The second-order valence-corrected chi connectivity index (χ2v) is 5.15. The fraction of sp³-hybridized carbons (Fsp3) is 0.333. The lowest BCUT2D eigenvalue weighted by atomic mass is 10.3. The molecule has 0 bridgehead atoms. The van der Waals surface area contributed by atoms with Gasteiger partial charge in [0.25, 0.3) is 0 Å². The summed E-state index contributed by atoms with van der Waals surface area (Å²) in [5.74, 6) is 0.343. The Morgan fingerprint density at radius 1 is 1.53 bits per heavy atom. The van der Waals surface area contributed by atoms with Gasteiger partial charge < -0.3 is 5.32 Å². The van der Waals surface area contributed by atoms with E-state index in [1.54, 1.807) is 0 Å². The summed E-state index contributed by atoms with van der Waals surface area (Å²) in [6, 6.07) is 3.79. The van der Waals surface area contributed by atoms with E-state index in [0.717, 1.165) is 34.5 Å². The Kier molecular flexibility index (Phi) is 2.43. The van der Waals surface area contributed by atoms with Gasteiger partial charge in [0.15, 0.2) is 0 Å². The number of carbonyl (C=O) groups is 1. The van der Waals surface area contributed by atoms with Crippen molar-refractivity contribution in [2.24, 2.45) is 5.92 Å². The molecule has 1 aliphatic rings. The van der Waals surface area contributed by atoms with Gasteiger partial charge in [0, 0.05) is 12.1 Å². The van der Waals surface area contributed by atoms with Crippen LogP contribution in [0.25, 0.3) is 5.65 Å². The summed E-state index contributed by atoms with van der Waals surface area (Å²) in [5.41, 5.74) is 2.63. The van der Waals surface area contributed by atoms with Gasteiger partial charge in [0.1, 0.15) is 10.3 Å². The molecule has 0 unspecified atom stereocenters. The number of hydrogen-bond acceptors (Lipinski definition) is 2. The number of carbonyl (C=O) groups excluding carboxylic acids is 1. The lowest BCUT2D eigenvalue weighted by Crippen LogP contribution is -2.13. The number of rotatable bonds is 2. The van der Waals surface area contributed by atoms with Crippen LogP contribution >= 0.6 is 15.9 Å². The van der Waals surface area contributed by atoms with Crippen molar-refractivity contribution >= 4 is 33.2 Å². The second kappa shape index (κ2) is 3.84. The van der Waals surface area contributed by atoms with Crippen LogP contribution in [-0.2, 0) is 4.79 Å². The van der Waals surface area contributed by atoms with E-state index in [1.165, 1.54) is 0 Å². The standard InChI is InChI=1S/C12H12BrN3O/c1-7-11(13)16-6-9(4-5-10(16)14-7)15-12(17)8-2-3-8/h4-6,8H,2-3H2,1H3,(H,15,17). The Labute approximate surface area is 107 Å². The Hall–Kier alpha value is -1.36. The molecular weight excluding hydrogens is 282 g/mol. The molecule has 1 aliphatic carbocycles. The number of nitrogens with zero attached hydrogens (tertiary/aromatic N) is 2. The molecule has 4 nitrogen and oxygen atoms in total. The minimum atomic E-state index is 0.123. The quantitative estimate of drug-likeness (QED) is 0.925. The van der Waals surface area contributed by atoms with Crippen molar-refractivity contribution in [3.8, 4) is 0 Å². The zero-order valence-corrected chi connectivity index (χ0v) is 11.0. The van der Waals surface area contributed by atoms with Crippen LogP contribution in [0.4, 0.5) is 5.69 Å². The van der Waals surface area contributed by atoms with Crippen molar-refractivity contribution in [3.63, 3.8) is 0 Å². The zero-order chi connectivity index (χ0) is 12.0. The number of aromatic nitrogens is 2. The van der Waals surface area contributed by atoms with Crippen LogP contribution in [0, 0.1) is 12.8 Å². The monoisotopic (exact) mass is 293 g/mol. The van der Waals surface area contributed by atoms with Crippen LogP contribution < -0.4 is 5.32 Å². The van der Waals surface area contributed by atoms with Gasteiger partial charge in [-0.05, 0) is 47.8 Å². The summed E-state index contributed by atoms with van der Waals surface area (Å²) >= 11 is 3.48. The summed E-state index contributed by atoms with van der Waals surface area (Å²) in [4.78, 5) is 16.0. The Morgan fingerprint density at radius 2 is 2.29 bits per heavy atom. The Bertz CT molecular complexity index is 601. The molecular formula is C12H12BrN3O. The molecule has 2 aromatic heterocycles. The molecule has 88 valence electrons. The summed E-state index contributed by atoms with van der Waals surface area (Å²) in [6.45, 7) is 1.94. The predicted molar refractivity (Wildman–Crippen MR) is 69.0 cm³/mol. The Morgan fingerprint density at radius 3 is 3.00 bits per heavy atom. The molecule has 0 atom stereocenters. The maximum absolute atomic E-state index is 11.7. The van der Waals surface area contributed by atoms with E-state index in [1.807, 2.05) is 29.7 Å². The van der Waals surface area contributed by atoms with Crippen LogP contribution in [0.2, 0.25) is 0 Å². The molecule has 0 saturated heterocycles. The highest BCUT2D eigenvalue weighted by atomic mass is 79.9. The number of amides is 1. The van der Waals surface area contributed by atoms with Gasteiger partial charge in [0.05, 0.1) is 11.4 Å².